The number of hydrogen-bond acceptors (Lipinski definition) is 3. The van der Waals surface area contributed by atoms with E-state index >= 15 is 0 Å². The van der Waals surface area contributed by atoms with Gasteiger partial charge in [-0.15, -0.1) is 12.4 Å². The Morgan fingerprint density at radius 3 is 2.74 bits per heavy atom. The number of benzene rings is 2. The molecule has 0 spiro atoms. The summed E-state index contributed by atoms with van der Waals surface area (Å²) in [7, 11) is 0. The predicted molar refractivity (Wildman–Crippen MR) is 95.0 cm³/mol. The number of rotatable bonds is 3. The molecule has 4 nitrogen and oxygen atoms in total. The molecule has 1 heterocycles. The molecule has 1 amide bonds. The minimum Gasteiger partial charge on any atom is -0.375 e. The molecule has 0 aromatic heterocycles. The van der Waals surface area contributed by atoms with Crippen molar-refractivity contribution in [2.45, 2.75) is 32.0 Å². The van der Waals surface area contributed by atoms with Crippen LogP contribution in [0.1, 0.15) is 25.5 Å². The molecule has 1 aliphatic rings. The molecule has 3 rings (SSSR count). The Morgan fingerprint density at radius 2 is 2.00 bits per heavy atom. The van der Waals surface area contributed by atoms with E-state index in [1.54, 1.807) is 0 Å². The number of amides is 1. The average molecular weight is 335 g/mol. The molecule has 0 radical (unpaired) electrons. The maximum atomic E-state index is 12.4. The van der Waals surface area contributed by atoms with Crippen LogP contribution >= 0.6 is 12.4 Å². The van der Waals surface area contributed by atoms with Gasteiger partial charge in [-0.1, -0.05) is 36.4 Å². The lowest BCUT2D eigenvalue weighted by Gasteiger charge is -2.30. The van der Waals surface area contributed by atoms with E-state index in [1.807, 2.05) is 26.0 Å². The third-order valence-electron chi connectivity index (χ3n) is 4.23. The minimum atomic E-state index is -0.281. The van der Waals surface area contributed by atoms with Gasteiger partial charge in [-0.3, -0.25) is 4.79 Å². The van der Waals surface area contributed by atoms with E-state index < -0.39 is 0 Å². The van der Waals surface area contributed by atoms with Crippen molar-refractivity contribution in [2.75, 3.05) is 13.2 Å². The van der Waals surface area contributed by atoms with Crippen LogP contribution in [0.4, 0.5) is 0 Å². The molecule has 2 aromatic carbocycles. The Hall–Kier alpha value is -1.62. The second kappa shape index (κ2) is 7.77. The highest BCUT2D eigenvalue weighted by molar-refractivity contribution is 5.85. The van der Waals surface area contributed by atoms with Gasteiger partial charge in [0.15, 0.2) is 0 Å². The van der Waals surface area contributed by atoms with Crippen LogP contribution in [0, 0.1) is 0 Å². The highest BCUT2D eigenvalue weighted by atomic mass is 35.5. The number of morpholine rings is 1. The SMILES string of the molecule is CC(NC(=O)[C@H]1NCCO[C@@H]1C)c1ccc2ccccc2c1.Cl. The molecule has 23 heavy (non-hydrogen) atoms. The summed E-state index contributed by atoms with van der Waals surface area (Å²) in [5, 5.41) is 8.70. The first-order chi connectivity index (χ1) is 10.6. The van der Waals surface area contributed by atoms with Crippen molar-refractivity contribution in [3.05, 3.63) is 48.0 Å². The van der Waals surface area contributed by atoms with Crippen molar-refractivity contribution < 1.29 is 9.53 Å². The largest absolute Gasteiger partial charge is 0.375 e. The first-order valence-electron chi connectivity index (χ1n) is 7.79. The minimum absolute atomic E-state index is 0. The molecule has 1 saturated heterocycles. The summed E-state index contributed by atoms with van der Waals surface area (Å²) < 4.78 is 5.53. The van der Waals surface area contributed by atoms with E-state index in [1.165, 1.54) is 10.8 Å². The number of fused-ring (bicyclic) bond motifs is 1. The van der Waals surface area contributed by atoms with Crippen molar-refractivity contribution in [3.8, 4) is 0 Å². The molecule has 2 aromatic rings. The fourth-order valence-electron chi connectivity index (χ4n) is 2.89. The van der Waals surface area contributed by atoms with Crippen LogP contribution in [-0.4, -0.2) is 31.2 Å². The number of carbonyl (C=O) groups excluding carboxylic acids is 1. The second-order valence-corrected chi connectivity index (χ2v) is 5.84. The van der Waals surface area contributed by atoms with Gasteiger partial charge in [0.2, 0.25) is 5.91 Å². The smallest absolute Gasteiger partial charge is 0.240 e. The van der Waals surface area contributed by atoms with Gasteiger partial charge in [0.25, 0.3) is 0 Å². The Labute approximate surface area is 143 Å². The van der Waals surface area contributed by atoms with Gasteiger partial charge in [-0.25, -0.2) is 0 Å². The highest BCUT2D eigenvalue weighted by Gasteiger charge is 2.29. The van der Waals surface area contributed by atoms with E-state index in [0.29, 0.717) is 13.2 Å². The van der Waals surface area contributed by atoms with Gasteiger partial charge in [0, 0.05) is 6.54 Å². The number of carbonyl (C=O) groups is 1. The number of nitrogens with one attached hydrogen (secondary N) is 2. The fourth-order valence-corrected chi connectivity index (χ4v) is 2.89. The van der Waals surface area contributed by atoms with Crippen LogP contribution in [0.3, 0.4) is 0 Å². The van der Waals surface area contributed by atoms with Gasteiger partial charge in [0.1, 0.15) is 6.04 Å². The van der Waals surface area contributed by atoms with Crippen LogP contribution in [0.5, 0.6) is 0 Å². The van der Waals surface area contributed by atoms with Gasteiger partial charge in [-0.2, -0.15) is 0 Å². The molecular weight excluding hydrogens is 312 g/mol. The van der Waals surface area contributed by atoms with E-state index in [4.69, 9.17) is 4.74 Å². The van der Waals surface area contributed by atoms with Crippen molar-refractivity contribution in [1.29, 1.82) is 0 Å². The quantitative estimate of drug-likeness (QED) is 0.907. The van der Waals surface area contributed by atoms with Gasteiger partial charge in [-0.05, 0) is 36.2 Å². The second-order valence-electron chi connectivity index (χ2n) is 5.84. The third kappa shape index (κ3) is 4.02. The molecular formula is C18H23ClN2O2. The average Bonchev–Trinajstić information content (AvgIpc) is 2.54. The molecule has 2 N–H and O–H groups in total. The molecule has 5 heteroatoms. The molecule has 0 saturated carbocycles. The maximum absolute atomic E-state index is 12.4. The van der Waals surface area contributed by atoms with E-state index in [0.717, 1.165) is 5.56 Å². The summed E-state index contributed by atoms with van der Waals surface area (Å²) >= 11 is 0. The van der Waals surface area contributed by atoms with Gasteiger partial charge in [0.05, 0.1) is 18.8 Å². The zero-order valence-electron chi connectivity index (χ0n) is 13.4. The molecule has 124 valence electrons. The lowest BCUT2D eigenvalue weighted by molar-refractivity contribution is -0.129. The lowest BCUT2D eigenvalue weighted by atomic mass is 10.0. The zero-order valence-corrected chi connectivity index (χ0v) is 14.2. The molecule has 1 unspecified atom stereocenters. The van der Waals surface area contributed by atoms with Crippen molar-refractivity contribution in [1.82, 2.24) is 10.6 Å². The van der Waals surface area contributed by atoms with Crippen molar-refractivity contribution >= 4 is 29.1 Å². The van der Waals surface area contributed by atoms with Crippen LogP contribution in [0.15, 0.2) is 42.5 Å². The summed E-state index contributed by atoms with van der Waals surface area (Å²) in [5.74, 6) is -0.00661. The molecule has 1 aliphatic heterocycles. The van der Waals surface area contributed by atoms with Gasteiger partial charge < -0.3 is 15.4 Å². The number of halogens is 1. The van der Waals surface area contributed by atoms with Crippen LogP contribution < -0.4 is 10.6 Å². The zero-order chi connectivity index (χ0) is 15.5. The molecule has 3 atom stereocenters. The van der Waals surface area contributed by atoms with Crippen LogP contribution in [-0.2, 0) is 9.53 Å². The first-order valence-corrected chi connectivity index (χ1v) is 7.79. The summed E-state index contributed by atoms with van der Waals surface area (Å²) in [6.07, 6.45) is -0.0995. The molecule has 0 aliphatic carbocycles. The monoisotopic (exact) mass is 334 g/mol. The van der Waals surface area contributed by atoms with Crippen LogP contribution in [0.25, 0.3) is 10.8 Å². The van der Waals surface area contributed by atoms with Crippen molar-refractivity contribution in [3.63, 3.8) is 0 Å². The predicted octanol–water partition coefficient (Wildman–Crippen LogP) is 2.82. The van der Waals surface area contributed by atoms with E-state index in [9.17, 15) is 4.79 Å². The molecule has 0 bridgehead atoms. The van der Waals surface area contributed by atoms with E-state index in [-0.39, 0.29) is 36.5 Å². The Kier molecular flexibility index (Phi) is 5.99. The Balaban J connectivity index is 0.00000192. The fraction of sp³-hybridized carbons (Fsp3) is 0.389. The Bertz CT molecular complexity index is 677. The number of ether oxygens (including phenoxy) is 1. The normalized spacial score (nSPS) is 22.2. The van der Waals surface area contributed by atoms with E-state index in [2.05, 4.69) is 41.0 Å². The molecule has 1 fully saturated rings. The third-order valence-corrected chi connectivity index (χ3v) is 4.23. The standard InChI is InChI=1S/C18H22N2O2.ClH/c1-12(20-18(21)17-13(2)22-10-9-19-17)15-8-7-14-5-3-4-6-16(14)11-15;/h3-8,11-13,17,19H,9-10H2,1-2H3,(H,20,21);1H/t12?,13-,17+;/m1./s1. The number of hydrogen-bond donors (Lipinski definition) is 2. The summed E-state index contributed by atoms with van der Waals surface area (Å²) in [5.41, 5.74) is 1.11. The summed E-state index contributed by atoms with van der Waals surface area (Å²) in [6, 6.07) is 14.2. The van der Waals surface area contributed by atoms with Crippen molar-refractivity contribution in [2.24, 2.45) is 0 Å². The topological polar surface area (TPSA) is 50.4 Å². The summed E-state index contributed by atoms with van der Waals surface area (Å²) in [4.78, 5) is 12.4. The van der Waals surface area contributed by atoms with Crippen LogP contribution in [0.2, 0.25) is 0 Å². The highest BCUT2D eigenvalue weighted by Crippen LogP contribution is 2.20. The Morgan fingerprint density at radius 1 is 1.26 bits per heavy atom. The van der Waals surface area contributed by atoms with Gasteiger partial charge >= 0.3 is 0 Å². The lowest BCUT2D eigenvalue weighted by Crippen LogP contribution is -2.55. The summed E-state index contributed by atoms with van der Waals surface area (Å²) in [6.45, 7) is 5.31. The first kappa shape index (κ1) is 17.7. The maximum Gasteiger partial charge on any atom is 0.240 e.